The van der Waals surface area contributed by atoms with Gasteiger partial charge in [0, 0.05) is 6.54 Å². The summed E-state index contributed by atoms with van der Waals surface area (Å²) < 4.78 is 0. The summed E-state index contributed by atoms with van der Waals surface area (Å²) in [7, 11) is 0. The molecule has 1 aliphatic heterocycles. The van der Waals surface area contributed by atoms with Crippen molar-refractivity contribution in [2.45, 2.75) is 33.6 Å². The van der Waals surface area contributed by atoms with Crippen LogP contribution < -0.4 is 0 Å². The van der Waals surface area contributed by atoms with Crippen LogP contribution in [0, 0.1) is 11.8 Å². The summed E-state index contributed by atoms with van der Waals surface area (Å²) in [4.78, 5) is 2.60. The van der Waals surface area contributed by atoms with Gasteiger partial charge in [0.25, 0.3) is 0 Å². The zero-order chi connectivity index (χ0) is 8.27. The van der Waals surface area contributed by atoms with Crippen molar-refractivity contribution >= 4 is 0 Å². The molecular formula is C10H21N. The van der Waals surface area contributed by atoms with Gasteiger partial charge >= 0.3 is 0 Å². The van der Waals surface area contributed by atoms with E-state index in [1.165, 1.54) is 32.5 Å². The first-order chi connectivity index (χ1) is 5.24. The second-order valence-electron chi connectivity index (χ2n) is 4.09. The number of likely N-dealkylation sites (tertiary alicyclic amines) is 1. The van der Waals surface area contributed by atoms with Gasteiger partial charge in [-0.3, -0.25) is 0 Å². The predicted molar refractivity (Wildman–Crippen MR) is 49.7 cm³/mol. The first kappa shape index (κ1) is 9.05. The van der Waals surface area contributed by atoms with Gasteiger partial charge in [0.05, 0.1) is 0 Å². The minimum Gasteiger partial charge on any atom is -0.303 e. The smallest absolute Gasteiger partial charge is 0.00126 e. The van der Waals surface area contributed by atoms with E-state index in [9.17, 15) is 0 Å². The van der Waals surface area contributed by atoms with Gasteiger partial charge in [-0.05, 0) is 37.8 Å². The van der Waals surface area contributed by atoms with Crippen molar-refractivity contribution < 1.29 is 0 Å². The molecule has 1 nitrogen and oxygen atoms in total. The van der Waals surface area contributed by atoms with Crippen LogP contribution in [0.3, 0.4) is 0 Å². The minimum absolute atomic E-state index is 0.886. The van der Waals surface area contributed by atoms with Crippen molar-refractivity contribution in [1.82, 2.24) is 4.90 Å². The molecule has 1 rings (SSSR count). The molecule has 1 atom stereocenters. The molecule has 0 amide bonds. The molecule has 0 aromatic rings. The van der Waals surface area contributed by atoms with Gasteiger partial charge in [-0.15, -0.1) is 0 Å². The first-order valence-corrected chi connectivity index (χ1v) is 4.96. The Labute approximate surface area is 70.8 Å². The first-order valence-electron chi connectivity index (χ1n) is 4.96. The van der Waals surface area contributed by atoms with Gasteiger partial charge in [0.1, 0.15) is 0 Å². The zero-order valence-corrected chi connectivity index (χ0v) is 8.14. The van der Waals surface area contributed by atoms with E-state index in [4.69, 9.17) is 0 Å². The third kappa shape index (κ3) is 2.48. The molecule has 0 unspecified atom stereocenters. The molecular weight excluding hydrogens is 134 g/mol. The van der Waals surface area contributed by atoms with Crippen molar-refractivity contribution in [3.05, 3.63) is 0 Å². The second-order valence-corrected chi connectivity index (χ2v) is 4.09. The Bertz CT molecular complexity index is 109. The topological polar surface area (TPSA) is 3.24 Å². The fourth-order valence-corrected chi connectivity index (χ4v) is 1.93. The predicted octanol–water partition coefficient (Wildman–Crippen LogP) is 2.37. The highest BCUT2D eigenvalue weighted by Gasteiger charge is 2.23. The lowest BCUT2D eigenvalue weighted by molar-refractivity contribution is 0.304. The molecule has 11 heavy (non-hydrogen) atoms. The molecule has 1 heterocycles. The molecule has 0 N–H and O–H groups in total. The largest absolute Gasteiger partial charge is 0.303 e. The van der Waals surface area contributed by atoms with Crippen molar-refractivity contribution in [2.24, 2.45) is 11.8 Å². The number of hydrogen-bond donors (Lipinski definition) is 0. The van der Waals surface area contributed by atoms with E-state index in [2.05, 4.69) is 25.7 Å². The summed E-state index contributed by atoms with van der Waals surface area (Å²) in [6.45, 7) is 11.0. The lowest BCUT2D eigenvalue weighted by Gasteiger charge is -2.16. The average Bonchev–Trinajstić information content (AvgIpc) is 2.37. The Balaban J connectivity index is 2.23. The normalized spacial score (nSPS) is 26.7. The lowest BCUT2D eigenvalue weighted by Crippen LogP contribution is -2.22. The molecule has 1 fully saturated rings. The molecule has 1 heteroatoms. The standard InChI is InChI=1S/C10H21N/c1-4-6-11-7-5-10(8-11)9(2)3/h9-10H,4-8H2,1-3H3/t10-/m1/s1. The SMILES string of the molecule is CCCN1CC[C@@H](C(C)C)C1. The van der Waals surface area contributed by atoms with Crippen molar-refractivity contribution in [1.29, 1.82) is 0 Å². The van der Waals surface area contributed by atoms with Crippen LogP contribution in [-0.2, 0) is 0 Å². The highest BCUT2D eigenvalue weighted by Crippen LogP contribution is 2.23. The average molecular weight is 155 g/mol. The summed E-state index contributed by atoms with van der Waals surface area (Å²) in [6.07, 6.45) is 2.74. The van der Waals surface area contributed by atoms with E-state index >= 15 is 0 Å². The second kappa shape index (κ2) is 4.10. The Kier molecular flexibility index (Phi) is 3.38. The maximum Gasteiger partial charge on any atom is 0.00126 e. The lowest BCUT2D eigenvalue weighted by atomic mass is 9.95. The molecule has 0 radical (unpaired) electrons. The van der Waals surface area contributed by atoms with Crippen LogP contribution >= 0.6 is 0 Å². The summed E-state index contributed by atoms with van der Waals surface area (Å²) in [5.41, 5.74) is 0. The maximum atomic E-state index is 2.60. The number of rotatable bonds is 3. The highest BCUT2D eigenvalue weighted by molar-refractivity contribution is 4.76. The molecule has 0 aromatic heterocycles. The van der Waals surface area contributed by atoms with Gasteiger partial charge in [-0.1, -0.05) is 20.8 Å². The summed E-state index contributed by atoms with van der Waals surface area (Å²) >= 11 is 0. The van der Waals surface area contributed by atoms with Crippen LogP contribution in [0.4, 0.5) is 0 Å². The van der Waals surface area contributed by atoms with Gasteiger partial charge in [-0.2, -0.15) is 0 Å². The van der Waals surface area contributed by atoms with Crippen LogP contribution in [0.15, 0.2) is 0 Å². The van der Waals surface area contributed by atoms with Gasteiger partial charge < -0.3 is 4.90 Å². The summed E-state index contributed by atoms with van der Waals surface area (Å²) in [5.74, 6) is 1.86. The molecule has 0 aromatic carbocycles. The van der Waals surface area contributed by atoms with E-state index in [-0.39, 0.29) is 0 Å². The molecule has 0 spiro atoms. The third-order valence-corrected chi connectivity index (χ3v) is 2.79. The zero-order valence-electron chi connectivity index (χ0n) is 8.14. The summed E-state index contributed by atoms with van der Waals surface area (Å²) in [5, 5.41) is 0. The van der Waals surface area contributed by atoms with Crippen LogP contribution in [0.25, 0.3) is 0 Å². The molecule has 1 aliphatic rings. The Morgan fingerprint density at radius 3 is 2.64 bits per heavy atom. The third-order valence-electron chi connectivity index (χ3n) is 2.79. The van der Waals surface area contributed by atoms with E-state index in [0.717, 1.165) is 11.8 Å². The fourth-order valence-electron chi connectivity index (χ4n) is 1.93. The highest BCUT2D eigenvalue weighted by atomic mass is 15.1. The number of hydrogen-bond acceptors (Lipinski definition) is 1. The van der Waals surface area contributed by atoms with Crippen molar-refractivity contribution in [3.8, 4) is 0 Å². The Morgan fingerprint density at radius 1 is 1.45 bits per heavy atom. The van der Waals surface area contributed by atoms with Gasteiger partial charge in [-0.25, -0.2) is 0 Å². The maximum absolute atomic E-state index is 2.60. The van der Waals surface area contributed by atoms with Gasteiger partial charge in [0.2, 0.25) is 0 Å². The van der Waals surface area contributed by atoms with Crippen LogP contribution in [0.5, 0.6) is 0 Å². The van der Waals surface area contributed by atoms with Gasteiger partial charge in [0.15, 0.2) is 0 Å². The van der Waals surface area contributed by atoms with E-state index in [1.807, 2.05) is 0 Å². The Morgan fingerprint density at radius 2 is 2.18 bits per heavy atom. The minimum atomic E-state index is 0.886. The van der Waals surface area contributed by atoms with Crippen molar-refractivity contribution in [3.63, 3.8) is 0 Å². The number of nitrogens with zero attached hydrogens (tertiary/aromatic N) is 1. The molecule has 0 saturated carbocycles. The Hall–Kier alpha value is -0.0400. The van der Waals surface area contributed by atoms with Crippen LogP contribution in [0.1, 0.15) is 33.6 Å². The monoisotopic (exact) mass is 155 g/mol. The molecule has 66 valence electrons. The molecule has 0 bridgehead atoms. The van der Waals surface area contributed by atoms with Crippen LogP contribution in [0.2, 0.25) is 0 Å². The fraction of sp³-hybridized carbons (Fsp3) is 1.00. The molecule has 0 aliphatic carbocycles. The van der Waals surface area contributed by atoms with Crippen molar-refractivity contribution in [2.75, 3.05) is 19.6 Å². The quantitative estimate of drug-likeness (QED) is 0.605. The molecule has 1 saturated heterocycles. The van der Waals surface area contributed by atoms with E-state index in [0.29, 0.717) is 0 Å². The van der Waals surface area contributed by atoms with E-state index < -0.39 is 0 Å². The summed E-state index contributed by atoms with van der Waals surface area (Å²) in [6, 6.07) is 0. The van der Waals surface area contributed by atoms with Crippen LogP contribution in [-0.4, -0.2) is 24.5 Å². The van der Waals surface area contributed by atoms with E-state index in [1.54, 1.807) is 0 Å².